The Hall–Kier alpha value is -2.07. The molecular weight excluding hydrogens is 369 g/mol. The van der Waals surface area contributed by atoms with E-state index in [9.17, 15) is 17.6 Å². The van der Waals surface area contributed by atoms with Crippen molar-refractivity contribution in [3.8, 4) is 5.75 Å². The molecule has 0 spiro atoms. The van der Waals surface area contributed by atoms with E-state index in [0.717, 1.165) is 17.8 Å². The van der Waals surface area contributed by atoms with E-state index >= 15 is 0 Å². The van der Waals surface area contributed by atoms with Gasteiger partial charge in [-0.3, -0.25) is 10.1 Å². The fourth-order valence-corrected chi connectivity index (χ4v) is 4.27. The molecule has 1 atom stereocenters. The van der Waals surface area contributed by atoms with E-state index in [-0.39, 0.29) is 15.2 Å². The fourth-order valence-electron chi connectivity index (χ4n) is 1.79. The van der Waals surface area contributed by atoms with Crippen molar-refractivity contribution in [2.24, 2.45) is 0 Å². The minimum absolute atomic E-state index is 0.00381. The van der Waals surface area contributed by atoms with Crippen molar-refractivity contribution in [1.82, 2.24) is 10.2 Å². The molecule has 1 aromatic carbocycles. The van der Waals surface area contributed by atoms with Crippen LogP contribution < -0.4 is 10.1 Å². The van der Waals surface area contributed by atoms with E-state index in [0.29, 0.717) is 12.2 Å². The van der Waals surface area contributed by atoms with Gasteiger partial charge in [-0.2, -0.15) is 0 Å². The number of carbonyl (C=O) groups excluding carboxylic acids is 1. The van der Waals surface area contributed by atoms with Crippen LogP contribution in [-0.4, -0.2) is 36.4 Å². The Kier molecular flexibility index (Phi) is 6.43. The molecule has 0 aliphatic carbocycles. The molecule has 25 heavy (non-hydrogen) atoms. The second-order valence-electron chi connectivity index (χ2n) is 5.25. The van der Waals surface area contributed by atoms with E-state index in [1.54, 1.807) is 0 Å². The lowest BCUT2D eigenvalue weighted by molar-refractivity contribution is -0.122. The highest BCUT2D eigenvalue weighted by Crippen LogP contribution is 2.22. The molecule has 2 rings (SSSR count). The van der Waals surface area contributed by atoms with Crippen molar-refractivity contribution in [3.63, 3.8) is 0 Å². The van der Waals surface area contributed by atoms with Crippen LogP contribution >= 0.6 is 11.3 Å². The predicted molar refractivity (Wildman–Crippen MR) is 92.0 cm³/mol. The maximum Gasteiger partial charge on any atom is 0.266 e. The molecule has 1 aromatic heterocycles. The summed E-state index contributed by atoms with van der Waals surface area (Å²) in [6, 6.07) is 5.25. The second-order valence-corrected chi connectivity index (χ2v) is 8.51. The van der Waals surface area contributed by atoms with Crippen LogP contribution in [0.25, 0.3) is 0 Å². The predicted octanol–water partition coefficient (Wildman–Crippen LogP) is 2.66. The third-order valence-corrected chi connectivity index (χ3v) is 6.25. The number of sulfone groups is 1. The molecule has 10 heteroatoms. The van der Waals surface area contributed by atoms with Crippen molar-refractivity contribution < 1.29 is 22.3 Å². The Morgan fingerprint density at radius 2 is 2.00 bits per heavy atom. The van der Waals surface area contributed by atoms with Gasteiger partial charge in [-0.1, -0.05) is 24.7 Å². The second kappa shape index (κ2) is 8.34. The molecule has 0 aliphatic heterocycles. The van der Waals surface area contributed by atoms with Crippen LogP contribution in [0.4, 0.5) is 9.52 Å². The Bertz CT molecular complexity index is 822. The van der Waals surface area contributed by atoms with Gasteiger partial charge in [0.05, 0.1) is 5.75 Å². The lowest BCUT2D eigenvalue weighted by atomic mass is 10.3. The zero-order chi connectivity index (χ0) is 18.4. The smallest absolute Gasteiger partial charge is 0.266 e. The summed E-state index contributed by atoms with van der Waals surface area (Å²) in [7, 11) is -3.48. The third kappa shape index (κ3) is 5.46. The van der Waals surface area contributed by atoms with Crippen LogP contribution in [0.5, 0.6) is 5.75 Å². The van der Waals surface area contributed by atoms with Crippen molar-refractivity contribution in [1.29, 1.82) is 0 Å². The van der Waals surface area contributed by atoms with Gasteiger partial charge in [-0.15, -0.1) is 10.2 Å². The lowest BCUT2D eigenvalue weighted by Gasteiger charge is -2.13. The van der Waals surface area contributed by atoms with E-state index < -0.39 is 27.7 Å². The molecule has 0 radical (unpaired) electrons. The zero-order valence-electron chi connectivity index (χ0n) is 13.7. The lowest BCUT2D eigenvalue weighted by Crippen LogP contribution is -2.30. The van der Waals surface area contributed by atoms with Gasteiger partial charge < -0.3 is 4.74 Å². The number of benzene rings is 1. The summed E-state index contributed by atoms with van der Waals surface area (Å²) in [5.74, 6) is -0.590. The molecule has 0 bridgehead atoms. The number of rotatable bonds is 8. The maximum atomic E-state index is 12.8. The number of carbonyl (C=O) groups is 1. The van der Waals surface area contributed by atoms with Crippen LogP contribution in [0, 0.1) is 5.82 Å². The molecule has 1 amide bonds. The minimum atomic E-state index is -3.48. The molecule has 0 saturated heterocycles. The molecule has 1 N–H and O–H groups in total. The molecule has 136 valence electrons. The quantitative estimate of drug-likeness (QED) is 0.699. The molecule has 1 unspecified atom stereocenters. The molecule has 2 aromatic rings. The molecule has 1 heterocycles. The number of ether oxygens (including phenoxy) is 1. The number of hydrogen-bond acceptors (Lipinski definition) is 7. The first-order valence-electron chi connectivity index (χ1n) is 7.61. The third-order valence-electron chi connectivity index (χ3n) is 3.16. The fraction of sp³-hybridized carbons (Fsp3) is 0.400. The monoisotopic (exact) mass is 387 g/mol. The van der Waals surface area contributed by atoms with E-state index in [4.69, 9.17) is 4.74 Å². The number of unbranched alkanes of at least 4 members (excludes halogenated alkanes) is 1. The Morgan fingerprint density at radius 1 is 1.32 bits per heavy atom. The van der Waals surface area contributed by atoms with Gasteiger partial charge in [0.25, 0.3) is 5.91 Å². The van der Waals surface area contributed by atoms with E-state index in [1.165, 1.54) is 31.2 Å². The molecular formula is C15H18FN3O4S2. The van der Waals surface area contributed by atoms with Gasteiger partial charge in [-0.05, 0) is 37.6 Å². The van der Waals surface area contributed by atoms with Gasteiger partial charge in [-0.25, -0.2) is 12.8 Å². The number of aromatic nitrogens is 2. The van der Waals surface area contributed by atoms with E-state index in [2.05, 4.69) is 15.5 Å². The average Bonchev–Trinajstić information content (AvgIpc) is 3.04. The summed E-state index contributed by atoms with van der Waals surface area (Å²) < 4.78 is 42.2. The van der Waals surface area contributed by atoms with Crippen LogP contribution in [0.2, 0.25) is 0 Å². The number of hydrogen-bond donors (Lipinski definition) is 1. The Morgan fingerprint density at radius 3 is 2.64 bits per heavy atom. The first-order valence-corrected chi connectivity index (χ1v) is 10.1. The number of halogens is 1. The summed E-state index contributed by atoms with van der Waals surface area (Å²) in [4.78, 5) is 12.1. The molecule has 0 aliphatic rings. The highest BCUT2D eigenvalue weighted by Gasteiger charge is 2.22. The highest BCUT2D eigenvalue weighted by atomic mass is 32.2. The molecule has 7 nitrogen and oxygen atoms in total. The summed E-state index contributed by atoms with van der Waals surface area (Å²) in [6.07, 6.45) is 0.404. The maximum absolute atomic E-state index is 12.8. The van der Waals surface area contributed by atoms with Gasteiger partial charge in [0.15, 0.2) is 6.10 Å². The van der Waals surface area contributed by atoms with Crippen LogP contribution in [0.3, 0.4) is 0 Å². The molecule has 0 fully saturated rings. The minimum Gasteiger partial charge on any atom is -0.481 e. The summed E-state index contributed by atoms with van der Waals surface area (Å²) >= 11 is 0.797. The zero-order valence-corrected chi connectivity index (χ0v) is 15.4. The normalized spacial score (nSPS) is 12.6. The van der Waals surface area contributed by atoms with Gasteiger partial charge in [0, 0.05) is 0 Å². The average molecular weight is 387 g/mol. The highest BCUT2D eigenvalue weighted by molar-refractivity contribution is 7.93. The number of nitrogens with zero attached hydrogens (tertiary/aromatic N) is 2. The Labute approximate surface area is 149 Å². The SMILES string of the molecule is CCCCS(=O)(=O)c1nnc(NC(=O)C(C)Oc2ccc(F)cc2)s1. The van der Waals surface area contributed by atoms with Gasteiger partial charge in [0.2, 0.25) is 19.3 Å². The summed E-state index contributed by atoms with van der Waals surface area (Å²) in [6.45, 7) is 3.41. The van der Waals surface area contributed by atoms with Crippen molar-refractivity contribution in [3.05, 3.63) is 30.1 Å². The van der Waals surface area contributed by atoms with E-state index in [1.807, 2.05) is 6.92 Å². The Balaban J connectivity index is 1.97. The van der Waals surface area contributed by atoms with Crippen LogP contribution in [0.15, 0.2) is 28.6 Å². The summed E-state index contributed by atoms with van der Waals surface area (Å²) in [5, 5.41) is 9.86. The number of anilines is 1. The number of amides is 1. The largest absolute Gasteiger partial charge is 0.481 e. The van der Waals surface area contributed by atoms with Gasteiger partial charge >= 0.3 is 0 Å². The van der Waals surface area contributed by atoms with Crippen molar-refractivity contribution in [2.75, 3.05) is 11.1 Å². The van der Waals surface area contributed by atoms with Gasteiger partial charge in [0.1, 0.15) is 11.6 Å². The standard InChI is InChI=1S/C15H18FN3O4S2/c1-3-4-9-25(21,22)15-19-18-14(24-15)17-13(20)10(2)23-12-7-5-11(16)6-8-12/h5-8,10H,3-4,9H2,1-2H3,(H,17,18,20). The topological polar surface area (TPSA) is 98.3 Å². The number of nitrogens with one attached hydrogen (secondary N) is 1. The first kappa shape index (κ1) is 19.3. The summed E-state index contributed by atoms with van der Waals surface area (Å²) in [5.41, 5.74) is 0. The van der Waals surface area contributed by atoms with Crippen LogP contribution in [-0.2, 0) is 14.6 Å². The van der Waals surface area contributed by atoms with Crippen LogP contribution in [0.1, 0.15) is 26.7 Å². The van der Waals surface area contributed by atoms with Crippen molar-refractivity contribution in [2.45, 2.75) is 37.1 Å². The molecule has 0 saturated carbocycles. The van der Waals surface area contributed by atoms with Crippen molar-refractivity contribution >= 4 is 32.2 Å². The first-order chi connectivity index (χ1) is 11.8.